The van der Waals surface area contributed by atoms with Crippen molar-refractivity contribution < 1.29 is 18.3 Å². The average molecular weight is 469 g/mol. The molecule has 1 aliphatic heterocycles. The van der Waals surface area contributed by atoms with Gasteiger partial charge in [0.15, 0.2) is 0 Å². The molecule has 3 rings (SSSR count). The number of thiophene rings is 1. The van der Waals surface area contributed by atoms with Crippen LogP contribution in [0.4, 0.5) is 0 Å². The van der Waals surface area contributed by atoms with Crippen molar-refractivity contribution in [2.24, 2.45) is 0 Å². The van der Waals surface area contributed by atoms with Crippen molar-refractivity contribution in [1.29, 1.82) is 0 Å². The number of allylic oxidation sites excluding steroid dienone is 1. The van der Waals surface area contributed by atoms with E-state index >= 15 is 0 Å². The summed E-state index contributed by atoms with van der Waals surface area (Å²) < 4.78 is 28.3. The van der Waals surface area contributed by atoms with E-state index in [0.29, 0.717) is 30.8 Å². The van der Waals surface area contributed by atoms with Gasteiger partial charge in [0.2, 0.25) is 10.0 Å². The van der Waals surface area contributed by atoms with Crippen LogP contribution in [-0.4, -0.2) is 43.0 Å². The molecule has 0 saturated carbocycles. The molecule has 2 heterocycles. The summed E-state index contributed by atoms with van der Waals surface area (Å²) in [6, 6.07) is 10.1. The van der Waals surface area contributed by atoms with Crippen LogP contribution in [0.15, 0.2) is 58.8 Å². The summed E-state index contributed by atoms with van der Waals surface area (Å²) in [5, 5.41) is 11.3. The highest BCUT2D eigenvalue weighted by molar-refractivity contribution is 7.89. The highest BCUT2D eigenvalue weighted by atomic mass is 35.5. The fourth-order valence-electron chi connectivity index (χ4n) is 3.53. The molecule has 0 aliphatic carbocycles. The lowest BCUT2D eigenvalue weighted by Gasteiger charge is -2.21. The summed E-state index contributed by atoms with van der Waals surface area (Å²) in [6.07, 6.45) is 6.18. The minimum absolute atomic E-state index is 0.0924. The second-order valence-electron chi connectivity index (χ2n) is 7.30. The predicted octanol–water partition coefficient (Wildman–Crippen LogP) is 4.13. The van der Waals surface area contributed by atoms with E-state index in [-0.39, 0.29) is 23.4 Å². The number of halogens is 1. The fourth-order valence-corrected chi connectivity index (χ4v) is 5.62. The molecule has 0 spiro atoms. The molecule has 1 aromatic heterocycles. The minimum Gasteiger partial charge on any atom is -0.481 e. The number of nitrogens with one attached hydrogen (secondary N) is 1. The number of carboxylic acids is 1. The van der Waals surface area contributed by atoms with E-state index in [9.17, 15) is 13.2 Å². The Balaban J connectivity index is 1.66. The van der Waals surface area contributed by atoms with E-state index in [1.165, 1.54) is 17.0 Å². The normalized spacial score (nSPS) is 20.2. The van der Waals surface area contributed by atoms with Crippen molar-refractivity contribution in [3.63, 3.8) is 0 Å². The zero-order valence-electron chi connectivity index (χ0n) is 16.4. The van der Waals surface area contributed by atoms with Gasteiger partial charge in [0.05, 0.1) is 4.90 Å². The van der Waals surface area contributed by atoms with Gasteiger partial charge in [-0.15, -0.1) is 11.3 Å². The van der Waals surface area contributed by atoms with Crippen LogP contribution in [-0.2, 0) is 21.4 Å². The summed E-state index contributed by atoms with van der Waals surface area (Å²) in [6.45, 7) is 1.36. The van der Waals surface area contributed by atoms with Crippen LogP contribution in [0, 0.1) is 0 Å². The fraction of sp³-hybridized carbons (Fsp3) is 0.381. The Labute approximate surface area is 186 Å². The molecule has 2 N–H and O–H groups in total. The monoisotopic (exact) mass is 468 g/mol. The summed E-state index contributed by atoms with van der Waals surface area (Å²) in [7, 11) is -3.63. The standard InChI is InChI=1S/C21H25ClN2O4S2/c22-16-8-10-20(11-9-16)30(27,28)23-17-13-18(5-2-1-3-7-21(25)26)24(14-17)15-19-6-4-12-29-19/h2,4-6,8-12,17-18,23H,1,3,7,13-15H2,(H,25,26)/t17-,18-/m1/s1. The average Bonchev–Trinajstić information content (AvgIpc) is 3.32. The molecule has 2 atom stereocenters. The zero-order valence-corrected chi connectivity index (χ0v) is 18.8. The SMILES string of the molecule is O=C(O)CCCC=C[C@@H]1C[C@@H](NS(=O)(=O)c2ccc(Cl)cc2)CN1Cc1cccs1. The Bertz CT molecular complexity index is 959. The first kappa shape index (κ1) is 23.0. The highest BCUT2D eigenvalue weighted by Crippen LogP contribution is 2.25. The van der Waals surface area contributed by atoms with Crippen LogP contribution in [0.1, 0.15) is 30.6 Å². The topological polar surface area (TPSA) is 86.7 Å². The molecule has 6 nitrogen and oxygen atoms in total. The molecule has 1 aliphatic rings. The van der Waals surface area contributed by atoms with E-state index in [4.69, 9.17) is 16.7 Å². The van der Waals surface area contributed by atoms with E-state index in [1.807, 2.05) is 17.5 Å². The number of aliphatic carboxylic acids is 1. The molecule has 1 fully saturated rings. The van der Waals surface area contributed by atoms with Crippen molar-refractivity contribution in [1.82, 2.24) is 9.62 Å². The Morgan fingerprint density at radius 3 is 2.73 bits per heavy atom. The number of carbonyl (C=O) groups is 1. The number of benzene rings is 1. The Hall–Kier alpha value is -1.71. The third kappa shape index (κ3) is 6.65. The number of hydrogen-bond acceptors (Lipinski definition) is 5. The van der Waals surface area contributed by atoms with Crippen molar-refractivity contribution in [3.8, 4) is 0 Å². The van der Waals surface area contributed by atoms with Gasteiger partial charge in [0.1, 0.15) is 0 Å². The molecular formula is C21H25ClN2O4S2. The Morgan fingerprint density at radius 2 is 2.07 bits per heavy atom. The second kappa shape index (κ2) is 10.5. The van der Waals surface area contributed by atoms with Gasteiger partial charge in [-0.25, -0.2) is 13.1 Å². The maximum absolute atomic E-state index is 12.7. The molecular weight excluding hydrogens is 444 g/mol. The number of likely N-dealkylation sites (tertiary alicyclic amines) is 1. The first-order valence-corrected chi connectivity index (χ1v) is 12.5. The number of hydrogen-bond donors (Lipinski definition) is 2. The van der Waals surface area contributed by atoms with Crippen LogP contribution in [0.2, 0.25) is 5.02 Å². The van der Waals surface area contributed by atoms with Crippen LogP contribution >= 0.6 is 22.9 Å². The lowest BCUT2D eigenvalue weighted by Crippen LogP contribution is -2.37. The van der Waals surface area contributed by atoms with Gasteiger partial charge in [-0.3, -0.25) is 9.69 Å². The number of rotatable bonds is 10. The van der Waals surface area contributed by atoms with Gasteiger partial charge < -0.3 is 5.11 Å². The smallest absolute Gasteiger partial charge is 0.303 e. The van der Waals surface area contributed by atoms with Crippen molar-refractivity contribution >= 4 is 38.9 Å². The molecule has 2 aromatic rings. The third-order valence-electron chi connectivity index (χ3n) is 4.95. The zero-order chi connectivity index (χ0) is 21.6. The molecule has 0 bridgehead atoms. The van der Waals surface area contributed by atoms with Gasteiger partial charge in [-0.2, -0.15) is 0 Å². The van der Waals surface area contributed by atoms with Crippen LogP contribution in [0.3, 0.4) is 0 Å². The number of nitrogens with zero attached hydrogens (tertiary/aromatic N) is 1. The van der Waals surface area contributed by atoms with Crippen molar-refractivity contribution in [3.05, 3.63) is 63.8 Å². The quantitative estimate of drug-likeness (QED) is 0.404. The maximum Gasteiger partial charge on any atom is 0.303 e. The molecule has 0 radical (unpaired) electrons. The van der Waals surface area contributed by atoms with Crippen LogP contribution in [0.5, 0.6) is 0 Å². The van der Waals surface area contributed by atoms with Gasteiger partial charge in [-0.1, -0.05) is 29.8 Å². The largest absolute Gasteiger partial charge is 0.481 e. The first-order chi connectivity index (χ1) is 14.3. The van der Waals surface area contributed by atoms with E-state index < -0.39 is 16.0 Å². The molecule has 9 heteroatoms. The summed E-state index contributed by atoms with van der Waals surface area (Å²) in [4.78, 5) is 14.3. The van der Waals surface area contributed by atoms with Crippen molar-refractivity contribution in [2.45, 2.75) is 49.2 Å². The molecule has 162 valence electrons. The van der Waals surface area contributed by atoms with E-state index in [2.05, 4.69) is 21.8 Å². The predicted molar refractivity (Wildman–Crippen MR) is 119 cm³/mol. The number of sulfonamides is 1. The lowest BCUT2D eigenvalue weighted by molar-refractivity contribution is -0.137. The Morgan fingerprint density at radius 1 is 1.30 bits per heavy atom. The maximum atomic E-state index is 12.7. The van der Waals surface area contributed by atoms with Gasteiger partial charge in [0, 0.05) is 41.5 Å². The van der Waals surface area contributed by atoms with E-state index in [0.717, 1.165) is 6.54 Å². The lowest BCUT2D eigenvalue weighted by atomic mass is 10.1. The summed E-state index contributed by atoms with van der Waals surface area (Å²) in [5.74, 6) is -0.791. The first-order valence-electron chi connectivity index (χ1n) is 9.76. The van der Waals surface area contributed by atoms with Crippen LogP contribution < -0.4 is 4.72 Å². The van der Waals surface area contributed by atoms with E-state index in [1.54, 1.807) is 23.5 Å². The second-order valence-corrected chi connectivity index (χ2v) is 10.5. The number of carboxylic acid groups (broad SMARTS) is 1. The number of unbranched alkanes of at least 4 members (excludes halogenated alkanes) is 1. The Kier molecular flexibility index (Phi) is 8.07. The van der Waals surface area contributed by atoms with Crippen LogP contribution in [0.25, 0.3) is 0 Å². The highest BCUT2D eigenvalue weighted by Gasteiger charge is 2.33. The molecule has 0 unspecified atom stereocenters. The van der Waals surface area contributed by atoms with Gasteiger partial charge >= 0.3 is 5.97 Å². The molecule has 0 amide bonds. The van der Waals surface area contributed by atoms with Gasteiger partial charge in [0.25, 0.3) is 0 Å². The van der Waals surface area contributed by atoms with Crippen molar-refractivity contribution in [2.75, 3.05) is 6.54 Å². The van der Waals surface area contributed by atoms with Gasteiger partial charge in [-0.05, 0) is 55.0 Å². The molecule has 1 aromatic carbocycles. The molecule has 1 saturated heterocycles. The summed E-state index contributed by atoms with van der Waals surface area (Å²) >= 11 is 7.54. The minimum atomic E-state index is -3.63. The summed E-state index contributed by atoms with van der Waals surface area (Å²) in [5.41, 5.74) is 0. The third-order valence-corrected chi connectivity index (χ3v) is 7.60. The molecule has 30 heavy (non-hydrogen) atoms.